The number of aryl methyl sites for hydroxylation is 2. The van der Waals surface area contributed by atoms with E-state index in [-0.39, 0.29) is 0 Å². The number of hydrogen-bond donors (Lipinski definition) is 0. The summed E-state index contributed by atoms with van der Waals surface area (Å²) >= 11 is 0. The van der Waals surface area contributed by atoms with Crippen LogP contribution < -0.4 is 10.4 Å². The molecule has 0 unspecified atom stereocenters. The Morgan fingerprint density at radius 1 is 0.562 bits per heavy atom. The summed E-state index contributed by atoms with van der Waals surface area (Å²) in [6, 6.07) is 17.8. The third-order valence-corrected chi connectivity index (χ3v) is 5.93. The first-order chi connectivity index (χ1) is 7.74. The molecule has 0 atom stereocenters. The average Bonchev–Trinajstić information content (AvgIpc) is 2.30. The smallest absolute Gasteiger partial charge is 0.0673 e. The quantitative estimate of drug-likeness (QED) is 0.712. The summed E-state index contributed by atoms with van der Waals surface area (Å²) < 4.78 is 0. The first kappa shape index (κ1) is 11.4. The second-order valence-electron chi connectivity index (χ2n) is 3.98. The van der Waals surface area contributed by atoms with Crippen molar-refractivity contribution in [3.63, 3.8) is 0 Å². The fourth-order valence-corrected chi connectivity index (χ4v) is 4.24. The summed E-state index contributed by atoms with van der Waals surface area (Å²) in [7, 11) is 1.81. The molecule has 2 aromatic rings. The Balaban J connectivity index is 1.97. The van der Waals surface area contributed by atoms with Gasteiger partial charge in [-0.05, 0) is 13.8 Å². The summed E-state index contributed by atoms with van der Waals surface area (Å²) in [4.78, 5) is 0. The van der Waals surface area contributed by atoms with Crippen molar-refractivity contribution in [3.05, 3.63) is 59.7 Å². The van der Waals surface area contributed by atoms with Crippen LogP contribution in [0.3, 0.4) is 0 Å². The van der Waals surface area contributed by atoms with Crippen LogP contribution in [-0.4, -0.2) is 18.1 Å². The summed E-state index contributed by atoms with van der Waals surface area (Å²) in [6.07, 6.45) is 0. The Labute approximate surface area is 102 Å². The maximum Gasteiger partial charge on any atom is 0.0711 e. The van der Waals surface area contributed by atoms with Crippen molar-refractivity contribution in [2.45, 2.75) is 13.8 Å². The lowest BCUT2D eigenvalue weighted by Gasteiger charge is -2.01. The van der Waals surface area contributed by atoms with Crippen molar-refractivity contribution in [1.29, 1.82) is 0 Å². The Hall–Kier alpha value is -1.13. The second-order valence-corrected chi connectivity index (χ2v) is 7.14. The molecule has 0 bridgehead atoms. The zero-order valence-corrected chi connectivity index (χ0v) is 11.6. The minimum atomic E-state index is 0.903. The van der Waals surface area contributed by atoms with Crippen LogP contribution >= 0.6 is 0 Å². The molecule has 0 nitrogen and oxygen atoms in total. The standard InChI is InChI=1S/C14H14Si2/c1-11-3-7-13(8-4-11)15-16-14-9-5-12(2)6-10-14/h3-10H,1-2H3. The molecule has 0 fully saturated rings. The third kappa shape index (κ3) is 3.18. The predicted molar refractivity (Wildman–Crippen MR) is 73.1 cm³/mol. The van der Waals surface area contributed by atoms with Gasteiger partial charge in [0.05, 0.1) is 18.1 Å². The number of hydrogen-bond acceptors (Lipinski definition) is 0. The molecule has 4 radical (unpaired) electrons. The van der Waals surface area contributed by atoms with Crippen molar-refractivity contribution in [1.82, 2.24) is 0 Å². The van der Waals surface area contributed by atoms with E-state index in [1.807, 2.05) is 0 Å². The van der Waals surface area contributed by atoms with Crippen LogP contribution in [0.25, 0.3) is 0 Å². The predicted octanol–water partition coefficient (Wildman–Crippen LogP) is 1.58. The highest BCUT2D eigenvalue weighted by Gasteiger charge is 1.98. The van der Waals surface area contributed by atoms with Gasteiger partial charge < -0.3 is 0 Å². The zero-order valence-electron chi connectivity index (χ0n) is 9.62. The lowest BCUT2D eigenvalue weighted by molar-refractivity contribution is 1.49. The van der Waals surface area contributed by atoms with E-state index in [0.29, 0.717) is 0 Å². The molecular formula is C14H14Si2. The molecule has 78 valence electrons. The zero-order chi connectivity index (χ0) is 11.4. The second kappa shape index (κ2) is 5.28. The van der Waals surface area contributed by atoms with E-state index >= 15 is 0 Å². The van der Waals surface area contributed by atoms with Crippen molar-refractivity contribution in [3.8, 4) is 0 Å². The lowest BCUT2D eigenvalue weighted by Crippen LogP contribution is -2.29. The molecule has 0 N–H and O–H groups in total. The number of rotatable bonds is 3. The number of benzene rings is 2. The highest BCUT2D eigenvalue weighted by atomic mass is 29.1. The molecule has 0 aliphatic heterocycles. The topological polar surface area (TPSA) is 0 Å². The highest BCUT2D eigenvalue weighted by Crippen LogP contribution is 1.93. The first-order valence-corrected chi connectivity index (χ1v) is 8.39. The van der Waals surface area contributed by atoms with E-state index in [1.54, 1.807) is 0 Å². The fraction of sp³-hybridized carbons (Fsp3) is 0.143. The van der Waals surface area contributed by atoms with E-state index < -0.39 is 0 Å². The summed E-state index contributed by atoms with van der Waals surface area (Å²) in [5.41, 5.74) is 2.68. The van der Waals surface area contributed by atoms with Crippen molar-refractivity contribution >= 4 is 28.4 Å². The van der Waals surface area contributed by atoms with Gasteiger partial charge >= 0.3 is 0 Å². The minimum absolute atomic E-state index is 0.903. The largest absolute Gasteiger partial charge is 0.0711 e. The minimum Gasteiger partial charge on any atom is -0.0673 e. The van der Waals surface area contributed by atoms with E-state index in [0.717, 1.165) is 18.1 Å². The van der Waals surface area contributed by atoms with Gasteiger partial charge in [0.2, 0.25) is 0 Å². The van der Waals surface area contributed by atoms with Crippen LogP contribution in [-0.2, 0) is 0 Å². The van der Waals surface area contributed by atoms with E-state index in [2.05, 4.69) is 62.4 Å². The van der Waals surface area contributed by atoms with Crippen molar-refractivity contribution < 1.29 is 0 Å². The average molecular weight is 238 g/mol. The van der Waals surface area contributed by atoms with Gasteiger partial charge in [0.1, 0.15) is 0 Å². The Bertz CT molecular complexity index is 398. The Morgan fingerprint density at radius 2 is 0.875 bits per heavy atom. The first-order valence-electron chi connectivity index (χ1n) is 5.39. The van der Waals surface area contributed by atoms with Crippen LogP contribution in [0.4, 0.5) is 0 Å². The van der Waals surface area contributed by atoms with Gasteiger partial charge in [-0.25, -0.2) is 0 Å². The third-order valence-electron chi connectivity index (χ3n) is 2.45. The molecule has 0 aliphatic carbocycles. The maximum absolute atomic E-state index is 2.25. The summed E-state index contributed by atoms with van der Waals surface area (Å²) in [5, 5.41) is 2.93. The van der Waals surface area contributed by atoms with Gasteiger partial charge in [0, 0.05) is 0 Å². The van der Waals surface area contributed by atoms with Crippen LogP contribution in [0.5, 0.6) is 0 Å². The van der Waals surface area contributed by atoms with Gasteiger partial charge in [-0.2, -0.15) is 0 Å². The molecule has 2 heteroatoms. The van der Waals surface area contributed by atoms with Crippen LogP contribution in [0, 0.1) is 13.8 Å². The van der Waals surface area contributed by atoms with Gasteiger partial charge in [0.25, 0.3) is 0 Å². The molecule has 0 aliphatic rings. The van der Waals surface area contributed by atoms with Gasteiger partial charge in [-0.1, -0.05) is 70.0 Å². The van der Waals surface area contributed by atoms with Gasteiger partial charge in [0.15, 0.2) is 0 Å². The molecule has 0 amide bonds. The monoisotopic (exact) mass is 238 g/mol. The maximum atomic E-state index is 2.25. The molecular weight excluding hydrogens is 224 g/mol. The molecule has 0 heterocycles. The Kier molecular flexibility index (Phi) is 3.75. The van der Waals surface area contributed by atoms with Crippen LogP contribution in [0.1, 0.15) is 11.1 Å². The van der Waals surface area contributed by atoms with Gasteiger partial charge in [-0.3, -0.25) is 0 Å². The molecule has 0 spiro atoms. The molecule has 2 aromatic carbocycles. The molecule has 0 saturated carbocycles. The van der Waals surface area contributed by atoms with Crippen LogP contribution in [0.2, 0.25) is 0 Å². The Morgan fingerprint density at radius 3 is 1.19 bits per heavy atom. The van der Waals surface area contributed by atoms with E-state index in [9.17, 15) is 0 Å². The van der Waals surface area contributed by atoms with Crippen LogP contribution in [0.15, 0.2) is 48.5 Å². The van der Waals surface area contributed by atoms with Crippen molar-refractivity contribution in [2.24, 2.45) is 0 Å². The molecule has 2 rings (SSSR count). The van der Waals surface area contributed by atoms with Gasteiger partial charge in [-0.15, -0.1) is 0 Å². The van der Waals surface area contributed by atoms with E-state index in [4.69, 9.17) is 0 Å². The molecule has 0 aromatic heterocycles. The van der Waals surface area contributed by atoms with E-state index in [1.165, 1.54) is 21.5 Å². The molecule has 0 saturated heterocycles. The van der Waals surface area contributed by atoms with Crippen molar-refractivity contribution in [2.75, 3.05) is 0 Å². The SMILES string of the molecule is Cc1ccc([Si][Si]c2ccc(C)cc2)cc1. The summed E-state index contributed by atoms with van der Waals surface area (Å²) in [6.45, 7) is 4.27. The molecule has 16 heavy (non-hydrogen) atoms. The lowest BCUT2D eigenvalue weighted by atomic mass is 10.2. The summed E-state index contributed by atoms with van der Waals surface area (Å²) in [5.74, 6) is 0. The normalized spacial score (nSPS) is 10.4. The fourth-order valence-electron chi connectivity index (χ4n) is 1.42. The highest BCUT2D eigenvalue weighted by molar-refractivity contribution is 7.12.